The highest BCUT2D eigenvalue weighted by atomic mass is 19.1. The van der Waals surface area contributed by atoms with E-state index in [2.05, 4.69) is 34.9 Å². The van der Waals surface area contributed by atoms with E-state index in [-0.39, 0.29) is 18.0 Å². The van der Waals surface area contributed by atoms with Gasteiger partial charge >= 0.3 is 6.03 Å². The van der Waals surface area contributed by atoms with Crippen molar-refractivity contribution < 1.29 is 9.18 Å². The molecular weight excluding hydrogens is 317 g/mol. The van der Waals surface area contributed by atoms with E-state index >= 15 is 0 Å². The first-order valence-electron chi connectivity index (χ1n) is 8.69. The molecule has 0 bridgehead atoms. The van der Waals surface area contributed by atoms with Gasteiger partial charge in [0.2, 0.25) is 0 Å². The van der Waals surface area contributed by atoms with Crippen molar-refractivity contribution in [2.75, 3.05) is 18.5 Å². The summed E-state index contributed by atoms with van der Waals surface area (Å²) in [5.74, 6) is 0.185. The summed E-state index contributed by atoms with van der Waals surface area (Å²) in [5.41, 5.74) is 1.87. The average Bonchev–Trinajstić information content (AvgIpc) is 2.62. The number of halogens is 1. The summed E-state index contributed by atoms with van der Waals surface area (Å²) < 4.78 is 13.3. The van der Waals surface area contributed by atoms with Crippen molar-refractivity contribution in [1.82, 2.24) is 10.6 Å². The van der Waals surface area contributed by atoms with Crippen LogP contribution >= 0.6 is 0 Å². The molecule has 3 rings (SSSR count). The van der Waals surface area contributed by atoms with Crippen LogP contribution in [0.2, 0.25) is 0 Å². The molecule has 2 N–H and O–H groups in total. The lowest BCUT2D eigenvalue weighted by Crippen LogP contribution is -2.53. The minimum atomic E-state index is -0.351. The van der Waals surface area contributed by atoms with Crippen molar-refractivity contribution in [3.05, 3.63) is 66.0 Å². The largest absolute Gasteiger partial charge is 0.322 e. The van der Waals surface area contributed by atoms with Crippen LogP contribution in [0.25, 0.3) is 0 Å². The van der Waals surface area contributed by atoms with Gasteiger partial charge in [0.15, 0.2) is 0 Å². The van der Waals surface area contributed by atoms with E-state index in [9.17, 15) is 9.18 Å². The molecule has 5 heteroatoms. The molecule has 2 aromatic carbocycles. The Kier molecular flexibility index (Phi) is 5.66. The lowest BCUT2D eigenvalue weighted by molar-refractivity contribution is 0.226. The van der Waals surface area contributed by atoms with Gasteiger partial charge in [-0.25, -0.2) is 9.18 Å². The fraction of sp³-hybridized carbons (Fsp3) is 0.350. The predicted octanol–water partition coefficient (Wildman–Crippen LogP) is 3.54. The predicted molar refractivity (Wildman–Crippen MR) is 98.0 cm³/mol. The van der Waals surface area contributed by atoms with Gasteiger partial charge in [-0.05, 0) is 55.5 Å². The number of anilines is 1. The van der Waals surface area contributed by atoms with Gasteiger partial charge in [-0.3, -0.25) is 10.2 Å². The maximum atomic E-state index is 13.3. The Morgan fingerprint density at radius 1 is 1.24 bits per heavy atom. The van der Waals surface area contributed by atoms with Gasteiger partial charge < -0.3 is 5.32 Å². The summed E-state index contributed by atoms with van der Waals surface area (Å²) in [6, 6.07) is 16.2. The molecule has 2 aromatic rings. The zero-order valence-corrected chi connectivity index (χ0v) is 14.4. The van der Waals surface area contributed by atoms with Crippen LogP contribution in [-0.4, -0.2) is 25.8 Å². The fourth-order valence-corrected chi connectivity index (χ4v) is 3.29. The monoisotopic (exact) mass is 341 g/mol. The van der Waals surface area contributed by atoms with Crippen molar-refractivity contribution in [2.24, 2.45) is 5.92 Å². The lowest BCUT2D eigenvalue weighted by Gasteiger charge is -2.32. The Morgan fingerprint density at radius 3 is 2.80 bits per heavy atom. The molecular formula is C20H24FN3O. The number of rotatable bonds is 4. The van der Waals surface area contributed by atoms with Crippen LogP contribution in [0.1, 0.15) is 18.4 Å². The van der Waals surface area contributed by atoms with Gasteiger partial charge in [-0.2, -0.15) is 0 Å². The number of carbonyl (C=O) groups is 1. The molecule has 1 saturated heterocycles. The molecule has 1 fully saturated rings. The Balaban J connectivity index is 1.56. The third-order valence-electron chi connectivity index (χ3n) is 4.68. The van der Waals surface area contributed by atoms with E-state index in [1.54, 1.807) is 19.2 Å². The molecule has 1 aliphatic heterocycles. The van der Waals surface area contributed by atoms with Crippen LogP contribution in [0.15, 0.2) is 54.6 Å². The van der Waals surface area contributed by atoms with Crippen LogP contribution in [0.4, 0.5) is 14.9 Å². The van der Waals surface area contributed by atoms with Crippen LogP contribution < -0.4 is 15.5 Å². The maximum absolute atomic E-state index is 13.3. The summed E-state index contributed by atoms with van der Waals surface area (Å²) in [7, 11) is 1.65. The SMILES string of the molecule is CN(C(=O)NC1CC(Cc2ccccc2)CCN1)c1cccc(F)c1. The molecule has 0 spiro atoms. The molecule has 132 valence electrons. The smallest absolute Gasteiger partial charge is 0.322 e. The molecule has 0 radical (unpaired) electrons. The quantitative estimate of drug-likeness (QED) is 0.893. The summed E-state index contributed by atoms with van der Waals surface area (Å²) in [6.07, 6.45) is 2.94. The Hall–Kier alpha value is -2.40. The summed E-state index contributed by atoms with van der Waals surface area (Å²) in [5, 5.41) is 6.36. The van der Waals surface area contributed by atoms with Crippen LogP contribution in [-0.2, 0) is 6.42 Å². The van der Waals surface area contributed by atoms with Gasteiger partial charge in [0.05, 0.1) is 6.17 Å². The van der Waals surface area contributed by atoms with Gasteiger partial charge in [0.1, 0.15) is 5.82 Å². The van der Waals surface area contributed by atoms with Crippen molar-refractivity contribution in [3.8, 4) is 0 Å². The van der Waals surface area contributed by atoms with Crippen LogP contribution in [0.3, 0.4) is 0 Å². The zero-order valence-electron chi connectivity index (χ0n) is 14.4. The van der Waals surface area contributed by atoms with E-state index in [1.165, 1.54) is 22.6 Å². The fourth-order valence-electron chi connectivity index (χ4n) is 3.29. The molecule has 1 aliphatic rings. The molecule has 2 unspecified atom stereocenters. The molecule has 0 saturated carbocycles. The first-order valence-corrected chi connectivity index (χ1v) is 8.69. The van der Waals surface area contributed by atoms with Crippen LogP contribution in [0, 0.1) is 11.7 Å². The number of urea groups is 1. The normalized spacial score (nSPS) is 20.1. The number of nitrogens with one attached hydrogen (secondary N) is 2. The first-order chi connectivity index (χ1) is 12.1. The first kappa shape index (κ1) is 17.4. The number of piperidine rings is 1. The maximum Gasteiger partial charge on any atom is 0.322 e. The molecule has 25 heavy (non-hydrogen) atoms. The van der Waals surface area contributed by atoms with Gasteiger partial charge in [-0.1, -0.05) is 36.4 Å². The molecule has 2 amide bonds. The van der Waals surface area contributed by atoms with E-state index in [0.717, 1.165) is 25.8 Å². The minimum absolute atomic E-state index is 0.0639. The highest BCUT2D eigenvalue weighted by molar-refractivity contribution is 5.91. The Morgan fingerprint density at radius 2 is 2.04 bits per heavy atom. The van der Waals surface area contributed by atoms with Crippen molar-refractivity contribution in [2.45, 2.75) is 25.4 Å². The second-order valence-corrected chi connectivity index (χ2v) is 6.58. The van der Waals surface area contributed by atoms with Crippen molar-refractivity contribution >= 4 is 11.7 Å². The average molecular weight is 341 g/mol. The highest BCUT2D eigenvalue weighted by Gasteiger charge is 2.24. The standard InChI is InChI=1S/C20H24FN3O/c1-24(18-9-5-8-17(21)14-18)20(25)23-19-13-16(10-11-22-19)12-15-6-3-2-4-7-15/h2-9,14,16,19,22H,10-13H2,1H3,(H,23,25). The molecule has 0 aliphatic carbocycles. The number of hydrogen-bond donors (Lipinski definition) is 2. The summed E-state index contributed by atoms with van der Waals surface area (Å²) in [4.78, 5) is 13.9. The Labute approximate surface area is 148 Å². The zero-order chi connectivity index (χ0) is 17.6. The van der Waals surface area contributed by atoms with Gasteiger partial charge in [-0.15, -0.1) is 0 Å². The Bertz CT molecular complexity index is 707. The van der Waals surface area contributed by atoms with E-state index in [4.69, 9.17) is 0 Å². The second kappa shape index (κ2) is 8.12. The molecule has 2 atom stereocenters. The van der Waals surface area contributed by atoms with Gasteiger partial charge in [0, 0.05) is 12.7 Å². The number of benzene rings is 2. The summed E-state index contributed by atoms with van der Waals surface area (Å²) >= 11 is 0. The van der Waals surface area contributed by atoms with Crippen molar-refractivity contribution in [1.29, 1.82) is 0 Å². The summed E-state index contributed by atoms with van der Waals surface area (Å²) in [6.45, 7) is 0.881. The number of nitrogens with zero attached hydrogens (tertiary/aromatic N) is 1. The van der Waals surface area contributed by atoms with E-state index < -0.39 is 0 Å². The minimum Gasteiger partial charge on any atom is -0.322 e. The lowest BCUT2D eigenvalue weighted by atomic mass is 9.89. The molecule has 0 aromatic heterocycles. The topological polar surface area (TPSA) is 44.4 Å². The third-order valence-corrected chi connectivity index (χ3v) is 4.68. The number of carbonyl (C=O) groups excluding carboxylic acids is 1. The van der Waals surface area contributed by atoms with Crippen LogP contribution in [0.5, 0.6) is 0 Å². The third kappa shape index (κ3) is 4.79. The molecule has 4 nitrogen and oxygen atoms in total. The van der Waals surface area contributed by atoms with Gasteiger partial charge in [0.25, 0.3) is 0 Å². The van der Waals surface area contributed by atoms with E-state index in [0.29, 0.717) is 11.6 Å². The second-order valence-electron chi connectivity index (χ2n) is 6.58. The number of amides is 2. The van der Waals surface area contributed by atoms with Crippen molar-refractivity contribution in [3.63, 3.8) is 0 Å². The number of hydrogen-bond acceptors (Lipinski definition) is 2. The van der Waals surface area contributed by atoms with E-state index in [1.807, 2.05) is 6.07 Å². The molecule has 1 heterocycles. The highest BCUT2D eigenvalue weighted by Crippen LogP contribution is 2.21.